The van der Waals surface area contributed by atoms with Gasteiger partial charge in [0, 0.05) is 17.3 Å². The molecule has 1 amide bonds. The molecule has 1 heterocycles. The van der Waals surface area contributed by atoms with E-state index in [1.165, 1.54) is 25.3 Å². The Bertz CT molecular complexity index is 1230. The van der Waals surface area contributed by atoms with Gasteiger partial charge in [-0.15, -0.1) is 0 Å². The highest BCUT2D eigenvalue weighted by atomic mass is 32.2. The Labute approximate surface area is 181 Å². The molecule has 0 atom stereocenters. The molecule has 1 fully saturated rings. The van der Waals surface area contributed by atoms with E-state index in [-0.39, 0.29) is 22.5 Å². The van der Waals surface area contributed by atoms with Gasteiger partial charge in [0.2, 0.25) is 10.0 Å². The number of rotatable bonds is 7. The minimum absolute atomic E-state index is 0.00846. The summed E-state index contributed by atoms with van der Waals surface area (Å²) in [5.74, 6) is 0.000834. The monoisotopic (exact) mass is 440 g/mol. The molecular weight excluding hydrogens is 416 g/mol. The van der Waals surface area contributed by atoms with E-state index in [4.69, 9.17) is 4.74 Å². The van der Waals surface area contributed by atoms with Gasteiger partial charge in [-0.05, 0) is 75.2 Å². The van der Waals surface area contributed by atoms with Gasteiger partial charge in [0.25, 0.3) is 5.91 Å². The summed E-state index contributed by atoms with van der Waals surface area (Å²) in [6.07, 6.45) is 1.68. The zero-order valence-corrected chi connectivity index (χ0v) is 18.4. The molecule has 0 bridgehead atoms. The lowest BCUT2D eigenvalue weighted by molar-refractivity contribution is 0.102. The molecule has 2 aromatic carbocycles. The standard InChI is InChI=1S/C22H24N4O4S/c1-14-12-15(2)26(24-14)18-8-4-16(5-9-18)22(27)23-20-13-19(10-11-21(20)30-3)31(28,29)25-17-6-7-17/h4-5,8-13,17,25H,6-7H2,1-3H3,(H,23,27). The molecule has 162 valence electrons. The fraction of sp³-hybridized carbons (Fsp3) is 0.273. The molecule has 4 rings (SSSR count). The third kappa shape index (κ3) is 4.62. The summed E-state index contributed by atoms with van der Waals surface area (Å²) in [5.41, 5.74) is 3.47. The van der Waals surface area contributed by atoms with Crippen molar-refractivity contribution >= 4 is 21.6 Å². The van der Waals surface area contributed by atoms with E-state index in [9.17, 15) is 13.2 Å². The summed E-state index contributed by atoms with van der Waals surface area (Å²) in [4.78, 5) is 12.9. The second kappa shape index (κ2) is 8.16. The van der Waals surface area contributed by atoms with Crippen LogP contribution in [0.4, 0.5) is 5.69 Å². The number of nitrogens with one attached hydrogen (secondary N) is 2. The Hall–Kier alpha value is -3.17. The third-order valence-electron chi connectivity index (χ3n) is 5.01. The van der Waals surface area contributed by atoms with Crippen molar-refractivity contribution < 1.29 is 17.9 Å². The first-order chi connectivity index (χ1) is 14.8. The predicted molar refractivity (Wildman–Crippen MR) is 117 cm³/mol. The Morgan fingerprint density at radius 2 is 1.81 bits per heavy atom. The number of amides is 1. The first-order valence-corrected chi connectivity index (χ1v) is 11.4. The van der Waals surface area contributed by atoms with Gasteiger partial charge in [0.15, 0.2) is 0 Å². The van der Waals surface area contributed by atoms with Gasteiger partial charge in [-0.1, -0.05) is 0 Å². The molecule has 2 N–H and O–H groups in total. The number of nitrogens with zero attached hydrogens (tertiary/aromatic N) is 2. The van der Waals surface area contributed by atoms with Crippen molar-refractivity contribution in [2.45, 2.75) is 37.6 Å². The largest absolute Gasteiger partial charge is 0.495 e. The molecule has 0 spiro atoms. The maximum atomic E-state index is 12.8. The van der Waals surface area contributed by atoms with Crippen molar-refractivity contribution in [1.82, 2.24) is 14.5 Å². The fourth-order valence-electron chi connectivity index (χ4n) is 3.28. The number of hydrogen-bond acceptors (Lipinski definition) is 5. The second-order valence-electron chi connectivity index (χ2n) is 7.60. The highest BCUT2D eigenvalue weighted by Crippen LogP contribution is 2.29. The van der Waals surface area contributed by atoms with Gasteiger partial charge in [-0.25, -0.2) is 17.8 Å². The molecule has 9 heteroatoms. The van der Waals surface area contributed by atoms with E-state index in [1.807, 2.05) is 32.0 Å². The van der Waals surface area contributed by atoms with Crippen molar-refractivity contribution in [3.05, 3.63) is 65.5 Å². The minimum Gasteiger partial charge on any atom is -0.495 e. The Morgan fingerprint density at radius 1 is 1.10 bits per heavy atom. The number of carbonyl (C=O) groups excluding carboxylic acids is 1. The number of aromatic nitrogens is 2. The summed E-state index contributed by atoms with van der Waals surface area (Å²) in [7, 11) is -2.19. The average Bonchev–Trinajstić information content (AvgIpc) is 3.48. The van der Waals surface area contributed by atoms with Gasteiger partial charge >= 0.3 is 0 Å². The summed E-state index contributed by atoms with van der Waals surface area (Å²) < 4.78 is 34.8. The SMILES string of the molecule is COc1ccc(S(=O)(=O)NC2CC2)cc1NC(=O)c1ccc(-n2nc(C)cc2C)cc1. The van der Waals surface area contributed by atoms with Crippen molar-refractivity contribution in [3.63, 3.8) is 0 Å². The van der Waals surface area contributed by atoms with Crippen molar-refractivity contribution in [1.29, 1.82) is 0 Å². The number of ether oxygens (including phenoxy) is 1. The van der Waals surface area contributed by atoms with Crippen LogP contribution in [0, 0.1) is 13.8 Å². The minimum atomic E-state index is -3.65. The molecule has 1 aliphatic carbocycles. The molecule has 0 saturated heterocycles. The number of methoxy groups -OCH3 is 1. The quantitative estimate of drug-likeness (QED) is 0.587. The lowest BCUT2D eigenvalue weighted by atomic mass is 10.2. The van der Waals surface area contributed by atoms with Gasteiger partial charge in [-0.3, -0.25) is 4.79 Å². The molecule has 0 aliphatic heterocycles. The van der Waals surface area contributed by atoms with Gasteiger partial charge in [0.05, 0.1) is 29.1 Å². The zero-order valence-electron chi connectivity index (χ0n) is 17.5. The second-order valence-corrected chi connectivity index (χ2v) is 9.31. The van der Waals surface area contributed by atoms with Crippen molar-refractivity contribution in [3.8, 4) is 11.4 Å². The van der Waals surface area contributed by atoms with Crippen LogP contribution in [0.15, 0.2) is 53.4 Å². The smallest absolute Gasteiger partial charge is 0.255 e. The predicted octanol–water partition coefficient (Wildman–Crippen LogP) is 3.19. The van der Waals surface area contributed by atoms with Crippen LogP contribution in [0.25, 0.3) is 5.69 Å². The molecule has 0 radical (unpaired) electrons. The van der Waals surface area contributed by atoms with Crippen LogP contribution in [0.1, 0.15) is 34.6 Å². The number of hydrogen-bond donors (Lipinski definition) is 2. The van der Waals surface area contributed by atoms with Gasteiger partial charge < -0.3 is 10.1 Å². The van der Waals surface area contributed by atoms with Crippen LogP contribution in [0.5, 0.6) is 5.75 Å². The van der Waals surface area contributed by atoms with Crippen molar-refractivity contribution in [2.75, 3.05) is 12.4 Å². The van der Waals surface area contributed by atoms with Crippen LogP contribution in [-0.4, -0.2) is 37.3 Å². The lowest BCUT2D eigenvalue weighted by Crippen LogP contribution is -2.25. The van der Waals surface area contributed by atoms with E-state index in [0.29, 0.717) is 11.3 Å². The summed E-state index contributed by atoms with van der Waals surface area (Å²) in [6, 6.07) is 13.4. The molecule has 31 heavy (non-hydrogen) atoms. The number of carbonyl (C=O) groups is 1. The summed E-state index contributed by atoms with van der Waals surface area (Å²) in [6.45, 7) is 3.89. The molecule has 3 aromatic rings. The van der Waals surface area contributed by atoms with Crippen LogP contribution in [-0.2, 0) is 10.0 Å². The number of aryl methyl sites for hydroxylation is 2. The summed E-state index contributed by atoms with van der Waals surface area (Å²) in [5, 5.41) is 7.20. The van der Waals surface area contributed by atoms with E-state index in [0.717, 1.165) is 29.9 Å². The first kappa shape index (κ1) is 21.1. The van der Waals surface area contributed by atoms with Gasteiger partial charge in [-0.2, -0.15) is 5.10 Å². The Morgan fingerprint density at radius 3 is 2.39 bits per heavy atom. The number of sulfonamides is 1. The highest BCUT2D eigenvalue weighted by Gasteiger charge is 2.28. The number of anilines is 1. The zero-order chi connectivity index (χ0) is 22.2. The number of benzene rings is 2. The van der Waals surface area contributed by atoms with Gasteiger partial charge in [0.1, 0.15) is 5.75 Å². The molecular formula is C22H24N4O4S. The fourth-order valence-corrected chi connectivity index (χ4v) is 4.61. The van der Waals surface area contributed by atoms with E-state index in [1.54, 1.807) is 16.8 Å². The molecule has 1 aliphatic rings. The normalized spacial score (nSPS) is 13.8. The first-order valence-electron chi connectivity index (χ1n) is 9.92. The average molecular weight is 441 g/mol. The molecule has 8 nitrogen and oxygen atoms in total. The maximum Gasteiger partial charge on any atom is 0.255 e. The van der Waals surface area contributed by atoms with E-state index in [2.05, 4.69) is 15.1 Å². The van der Waals surface area contributed by atoms with Crippen LogP contribution < -0.4 is 14.8 Å². The molecule has 1 saturated carbocycles. The lowest BCUT2D eigenvalue weighted by Gasteiger charge is -2.13. The van der Waals surface area contributed by atoms with E-state index < -0.39 is 10.0 Å². The van der Waals surface area contributed by atoms with Crippen LogP contribution >= 0.6 is 0 Å². The molecule has 1 aromatic heterocycles. The van der Waals surface area contributed by atoms with Crippen LogP contribution in [0.2, 0.25) is 0 Å². The van der Waals surface area contributed by atoms with Crippen molar-refractivity contribution in [2.24, 2.45) is 0 Å². The third-order valence-corrected chi connectivity index (χ3v) is 6.53. The van der Waals surface area contributed by atoms with E-state index >= 15 is 0 Å². The van der Waals surface area contributed by atoms with Crippen LogP contribution in [0.3, 0.4) is 0 Å². The Balaban J connectivity index is 1.56. The topological polar surface area (TPSA) is 102 Å². The molecule has 0 unspecified atom stereocenters. The highest BCUT2D eigenvalue weighted by molar-refractivity contribution is 7.89. The summed E-state index contributed by atoms with van der Waals surface area (Å²) >= 11 is 0. The Kier molecular flexibility index (Phi) is 5.55. The maximum absolute atomic E-state index is 12.8.